The lowest BCUT2D eigenvalue weighted by Crippen LogP contribution is -2.39. The lowest BCUT2D eigenvalue weighted by atomic mass is 10.1. The van der Waals surface area contributed by atoms with Crippen LogP contribution in [0.5, 0.6) is 11.5 Å². The molecule has 0 bridgehead atoms. The molecule has 0 atom stereocenters. The summed E-state index contributed by atoms with van der Waals surface area (Å²) >= 11 is 0. The van der Waals surface area contributed by atoms with E-state index in [0.29, 0.717) is 36.4 Å². The highest BCUT2D eigenvalue weighted by Crippen LogP contribution is 2.33. The molecule has 138 valence electrons. The van der Waals surface area contributed by atoms with Crippen molar-refractivity contribution in [2.24, 2.45) is 0 Å². The number of hydrogen-bond donors (Lipinski definition) is 1. The molecule has 0 radical (unpaired) electrons. The molecule has 1 N–H and O–H groups in total. The minimum absolute atomic E-state index is 0.0227. The van der Waals surface area contributed by atoms with E-state index in [0.717, 1.165) is 4.90 Å². The minimum Gasteiger partial charge on any atom is -0.459 e. The highest BCUT2D eigenvalue weighted by Gasteiger charge is 2.30. The number of nitrogens with one attached hydrogen (secondary N) is 1. The van der Waals surface area contributed by atoms with Crippen molar-refractivity contribution in [3.8, 4) is 11.5 Å². The number of carbonyl (C=O) groups excluding carboxylic acids is 3. The summed E-state index contributed by atoms with van der Waals surface area (Å²) in [7, 11) is 0. The number of furan rings is 1. The fourth-order valence-corrected chi connectivity index (χ4v) is 2.92. The maximum Gasteiger partial charge on any atom is 0.291 e. The van der Waals surface area contributed by atoms with Gasteiger partial charge in [0, 0.05) is 13.0 Å². The van der Waals surface area contributed by atoms with Crippen LogP contribution in [0.3, 0.4) is 0 Å². The van der Waals surface area contributed by atoms with Crippen molar-refractivity contribution in [3.63, 3.8) is 0 Å². The van der Waals surface area contributed by atoms with Crippen molar-refractivity contribution in [3.05, 3.63) is 53.6 Å². The van der Waals surface area contributed by atoms with Crippen LogP contribution in [0.4, 0.5) is 0 Å². The number of ether oxygens (including phenoxy) is 2. The maximum absolute atomic E-state index is 12.8. The summed E-state index contributed by atoms with van der Waals surface area (Å²) in [6.07, 6.45) is 3.78. The Morgan fingerprint density at radius 2 is 2.00 bits per heavy atom. The van der Waals surface area contributed by atoms with E-state index < -0.39 is 11.8 Å². The topological polar surface area (TPSA) is 98.1 Å². The smallest absolute Gasteiger partial charge is 0.291 e. The number of hydrogen-bond acceptors (Lipinski definition) is 6. The molecule has 2 aliphatic heterocycles. The second kappa shape index (κ2) is 6.99. The molecule has 0 unspecified atom stereocenters. The number of rotatable bonds is 4. The molecule has 8 heteroatoms. The van der Waals surface area contributed by atoms with Gasteiger partial charge in [-0.15, -0.1) is 0 Å². The maximum atomic E-state index is 12.8. The van der Waals surface area contributed by atoms with Gasteiger partial charge in [0.25, 0.3) is 11.8 Å². The molecule has 0 saturated carbocycles. The van der Waals surface area contributed by atoms with Gasteiger partial charge in [-0.05, 0) is 42.3 Å². The number of carbonyl (C=O) groups is 3. The summed E-state index contributed by atoms with van der Waals surface area (Å²) < 4.78 is 15.7. The normalized spacial score (nSPS) is 15.9. The molecule has 1 saturated heterocycles. The van der Waals surface area contributed by atoms with E-state index in [1.807, 2.05) is 0 Å². The van der Waals surface area contributed by atoms with Crippen molar-refractivity contribution < 1.29 is 28.3 Å². The fourth-order valence-electron chi connectivity index (χ4n) is 2.92. The number of fused-ring (bicyclic) bond motifs is 1. The van der Waals surface area contributed by atoms with Crippen LogP contribution in [0.2, 0.25) is 0 Å². The van der Waals surface area contributed by atoms with Gasteiger partial charge in [-0.1, -0.05) is 6.07 Å². The highest BCUT2D eigenvalue weighted by atomic mass is 16.7. The first-order valence-corrected chi connectivity index (χ1v) is 8.43. The Kier molecular flexibility index (Phi) is 4.37. The van der Waals surface area contributed by atoms with Crippen LogP contribution in [-0.4, -0.2) is 36.0 Å². The molecule has 1 fully saturated rings. The predicted octanol–water partition coefficient (Wildman–Crippen LogP) is 1.93. The lowest BCUT2D eigenvalue weighted by molar-refractivity contribution is -0.139. The van der Waals surface area contributed by atoms with E-state index in [-0.39, 0.29) is 24.2 Å². The third kappa shape index (κ3) is 3.41. The molecule has 27 heavy (non-hydrogen) atoms. The summed E-state index contributed by atoms with van der Waals surface area (Å²) in [4.78, 5) is 38.3. The van der Waals surface area contributed by atoms with Gasteiger partial charge in [-0.25, -0.2) is 0 Å². The molecular weight excluding hydrogens is 352 g/mol. The van der Waals surface area contributed by atoms with E-state index in [4.69, 9.17) is 13.9 Å². The Hall–Kier alpha value is -3.55. The summed E-state index contributed by atoms with van der Waals surface area (Å²) in [6.45, 7) is 0.457. The van der Waals surface area contributed by atoms with E-state index in [1.165, 1.54) is 18.4 Å². The molecule has 8 nitrogen and oxygen atoms in total. The largest absolute Gasteiger partial charge is 0.459 e. The Morgan fingerprint density at radius 3 is 2.74 bits per heavy atom. The first kappa shape index (κ1) is 16.9. The molecule has 4 rings (SSSR count). The van der Waals surface area contributed by atoms with Crippen molar-refractivity contribution in [1.29, 1.82) is 0 Å². The molecule has 3 heterocycles. The van der Waals surface area contributed by atoms with Crippen molar-refractivity contribution >= 4 is 23.8 Å². The average molecular weight is 368 g/mol. The third-order valence-corrected chi connectivity index (χ3v) is 4.25. The lowest BCUT2D eigenvalue weighted by Gasteiger charge is -2.16. The molecule has 0 aliphatic carbocycles. The van der Waals surface area contributed by atoms with E-state index in [2.05, 4.69) is 5.32 Å². The summed E-state index contributed by atoms with van der Waals surface area (Å²) in [5.41, 5.74) is 0.597. The van der Waals surface area contributed by atoms with Gasteiger partial charge in [0.05, 0.1) is 6.26 Å². The van der Waals surface area contributed by atoms with Crippen LogP contribution in [-0.2, 0) is 9.59 Å². The monoisotopic (exact) mass is 368 g/mol. The standard InChI is InChI=1S/C19H16N2O6/c22-17-4-1-7-21(17)19(24)13(20-18(23)15-3-2-8-25-15)9-12-5-6-14-16(10-12)27-11-26-14/h2-3,5-6,8-10H,1,4,7,11H2,(H,20,23)/b13-9+. The van der Waals surface area contributed by atoms with Crippen molar-refractivity contribution in [2.75, 3.05) is 13.3 Å². The number of benzene rings is 1. The van der Waals surface area contributed by atoms with Gasteiger partial charge in [0.2, 0.25) is 12.7 Å². The first-order valence-electron chi connectivity index (χ1n) is 8.43. The summed E-state index contributed by atoms with van der Waals surface area (Å²) in [6, 6.07) is 8.19. The average Bonchev–Trinajstić information content (AvgIpc) is 3.41. The number of amides is 3. The molecule has 2 aromatic rings. The van der Waals surface area contributed by atoms with Gasteiger partial charge in [0.1, 0.15) is 5.70 Å². The van der Waals surface area contributed by atoms with Crippen LogP contribution in [0.1, 0.15) is 29.0 Å². The third-order valence-electron chi connectivity index (χ3n) is 4.25. The molecule has 1 aromatic carbocycles. The number of imide groups is 1. The highest BCUT2D eigenvalue weighted by molar-refractivity contribution is 6.10. The molecule has 2 aliphatic rings. The van der Waals surface area contributed by atoms with Gasteiger partial charge in [0.15, 0.2) is 17.3 Å². The number of likely N-dealkylation sites (tertiary alicyclic amines) is 1. The quantitative estimate of drug-likeness (QED) is 0.828. The fraction of sp³-hybridized carbons (Fsp3) is 0.211. The van der Waals surface area contributed by atoms with Crippen LogP contribution in [0, 0.1) is 0 Å². The second-order valence-electron chi connectivity index (χ2n) is 6.06. The van der Waals surface area contributed by atoms with Gasteiger partial charge < -0.3 is 19.2 Å². The van der Waals surface area contributed by atoms with Crippen LogP contribution in [0.25, 0.3) is 6.08 Å². The zero-order valence-electron chi connectivity index (χ0n) is 14.3. The van der Waals surface area contributed by atoms with Crippen LogP contribution < -0.4 is 14.8 Å². The first-order chi connectivity index (χ1) is 13.1. The Bertz CT molecular complexity index is 932. The zero-order valence-corrected chi connectivity index (χ0v) is 14.3. The van der Waals surface area contributed by atoms with E-state index in [9.17, 15) is 14.4 Å². The Balaban J connectivity index is 1.65. The second-order valence-corrected chi connectivity index (χ2v) is 6.06. The molecule has 1 aromatic heterocycles. The van der Waals surface area contributed by atoms with Crippen LogP contribution in [0.15, 0.2) is 46.7 Å². The van der Waals surface area contributed by atoms with E-state index in [1.54, 1.807) is 24.3 Å². The van der Waals surface area contributed by atoms with E-state index >= 15 is 0 Å². The Labute approximate surface area is 154 Å². The predicted molar refractivity (Wildman–Crippen MR) is 92.7 cm³/mol. The molecular formula is C19H16N2O6. The SMILES string of the molecule is O=C(N/C(=C/c1ccc2c(c1)OCO2)C(=O)N1CCCC1=O)c1ccco1. The van der Waals surface area contributed by atoms with Crippen LogP contribution >= 0.6 is 0 Å². The minimum atomic E-state index is -0.577. The van der Waals surface area contributed by atoms with Crippen molar-refractivity contribution in [1.82, 2.24) is 10.2 Å². The molecule has 3 amide bonds. The summed E-state index contributed by atoms with van der Waals surface area (Å²) in [5.74, 6) is -0.183. The summed E-state index contributed by atoms with van der Waals surface area (Å²) in [5, 5.41) is 2.55. The molecule has 0 spiro atoms. The Morgan fingerprint density at radius 1 is 1.15 bits per heavy atom. The van der Waals surface area contributed by atoms with Gasteiger partial charge >= 0.3 is 0 Å². The van der Waals surface area contributed by atoms with Gasteiger partial charge in [-0.2, -0.15) is 0 Å². The zero-order chi connectivity index (χ0) is 18.8. The number of nitrogens with zero attached hydrogens (tertiary/aromatic N) is 1. The van der Waals surface area contributed by atoms with Crippen molar-refractivity contribution in [2.45, 2.75) is 12.8 Å². The van der Waals surface area contributed by atoms with Gasteiger partial charge in [-0.3, -0.25) is 19.3 Å².